The molecule has 5 heteroatoms. The summed E-state index contributed by atoms with van der Waals surface area (Å²) in [5, 5.41) is 5.10. The van der Waals surface area contributed by atoms with Crippen molar-refractivity contribution in [3.63, 3.8) is 0 Å². The molecule has 0 saturated heterocycles. The topological polar surface area (TPSA) is 25.8 Å². The van der Waals surface area contributed by atoms with E-state index in [0.29, 0.717) is 0 Å². The summed E-state index contributed by atoms with van der Waals surface area (Å²) in [6.07, 6.45) is 3.88. The van der Waals surface area contributed by atoms with Crippen LogP contribution in [0.15, 0.2) is 97.3 Å². The van der Waals surface area contributed by atoms with Gasteiger partial charge in [0.15, 0.2) is 0 Å². The number of thiophene rings is 1. The largest absolute Gasteiger partial charge is 0.305 e. The average Bonchev–Trinajstić information content (AvgIpc) is 3.40. The Kier molecular flexibility index (Phi) is 9.68. The molecular formula is C40H38GeIrN2S-2. The SMILES string of the molecule is Cc1cc(-c2[c-]cccc2)nc[c]1[Ge]([CH3])([CH3])[CH3].[2H]C(C)(C)c1ccnc(-c2[c-]ccc3c2sc2c4cc(C)ccc4ccc32)c1.[Ir]. The van der Waals surface area contributed by atoms with Crippen molar-refractivity contribution >= 4 is 59.9 Å². The minimum absolute atomic E-state index is 0. The fraction of sp³-hybridized carbons (Fsp3) is 0.200. The van der Waals surface area contributed by atoms with Crippen LogP contribution in [0.4, 0.5) is 0 Å². The summed E-state index contributed by atoms with van der Waals surface area (Å²) in [4.78, 5) is 9.20. The van der Waals surface area contributed by atoms with Crippen molar-refractivity contribution in [2.45, 2.75) is 50.9 Å². The molecule has 1 radical (unpaired) electrons. The monoisotopic (exact) mass is 846 g/mol. The van der Waals surface area contributed by atoms with Gasteiger partial charge in [-0.25, -0.2) is 0 Å². The summed E-state index contributed by atoms with van der Waals surface area (Å²) in [6.45, 7) is 8.15. The minimum Gasteiger partial charge on any atom is -0.305 e. The van der Waals surface area contributed by atoms with Gasteiger partial charge >= 0.3 is 106 Å². The van der Waals surface area contributed by atoms with Crippen LogP contribution in [0.5, 0.6) is 0 Å². The van der Waals surface area contributed by atoms with Gasteiger partial charge in [0.05, 0.1) is 0 Å². The van der Waals surface area contributed by atoms with Gasteiger partial charge in [-0.3, -0.25) is 0 Å². The first-order valence-electron chi connectivity index (χ1n) is 15.6. The number of aromatic nitrogens is 2. The van der Waals surface area contributed by atoms with E-state index in [4.69, 9.17) is 1.37 Å². The second-order valence-electron chi connectivity index (χ2n) is 12.7. The van der Waals surface area contributed by atoms with E-state index in [1.165, 1.54) is 46.5 Å². The van der Waals surface area contributed by atoms with Gasteiger partial charge in [0, 0.05) is 32.4 Å². The Bertz CT molecular complexity index is 2160. The van der Waals surface area contributed by atoms with Crippen molar-refractivity contribution in [1.82, 2.24) is 9.97 Å². The summed E-state index contributed by atoms with van der Waals surface area (Å²) in [5.41, 5.74) is 7.62. The molecule has 7 rings (SSSR count). The Labute approximate surface area is 289 Å². The molecule has 7 aromatic rings. The van der Waals surface area contributed by atoms with Gasteiger partial charge in [-0.05, 0) is 45.4 Å². The van der Waals surface area contributed by atoms with E-state index in [9.17, 15) is 0 Å². The zero-order valence-corrected chi connectivity index (χ0v) is 32.2. The van der Waals surface area contributed by atoms with E-state index in [-0.39, 0.29) is 20.1 Å². The van der Waals surface area contributed by atoms with Crippen LogP contribution >= 0.6 is 11.3 Å². The third-order valence-corrected chi connectivity index (χ3v) is 13.8. The molecule has 0 spiro atoms. The molecule has 0 unspecified atom stereocenters. The number of fused-ring (bicyclic) bond motifs is 5. The van der Waals surface area contributed by atoms with Crippen LogP contribution in [0, 0.1) is 26.0 Å². The fourth-order valence-electron chi connectivity index (χ4n) is 5.74. The number of hydrogen-bond acceptors (Lipinski definition) is 3. The molecule has 0 atom stereocenters. The van der Waals surface area contributed by atoms with Crippen molar-refractivity contribution < 1.29 is 21.5 Å². The molecule has 45 heavy (non-hydrogen) atoms. The van der Waals surface area contributed by atoms with Gasteiger partial charge in [0.25, 0.3) is 0 Å². The van der Waals surface area contributed by atoms with E-state index in [0.717, 1.165) is 28.1 Å². The molecular weight excluding hydrogens is 805 g/mol. The van der Waals surface area contributed by atoms with Crippen LogP contribution in [-0.2, 0) is 20.1 Å². The Morgan fingerprint density at radius 1 is 0.778 bits per heavy atom. The molecule has 229 valence electrons. The summed E-state index contributed by atoms with van der Waals surface area (Å²) >= 11 is 0.0439. The number of hydrogen-bond donors (Lipinski definition) is 0. The van der Waals surface area contributed by atoms with Gasteiger partial charge in [-0.2, -0.15) is 11.3 Å². The number of pyridine rings is 2. The fourth-order valence-corrected chi connectivity index (χ4v) is 10.7. The molecule has 0 bridgehead atoms. The zero-order chi connectivity index (χ0) is 31.9. The summed E-state index contributed by atoms with van der Waals surface area (Å²) < 4.78 is 12.4. The van der Waals surface area contributed by atoms with Gasteiger partial charge in [0.1, 0.15) is 0 Å². The third-order valence-electron chi connectivity index (χ3n) is 8.07. The minimum atomic E-state index is -1.77. The second kappa shape index (κ2) is 13.7. The molecule has 0 amide bonds. The van der Waals surface area contributed by atoms with E-state index in [2.05, 4.69) is 108 Å². The maximum absolute atomic E-state index is 8.36. The molecule has 0 saturated carbocycles. The van der Waals surface area contributed by atoms with Crippen molar-refractivity contribution in [2.24, 2.45) is 0 Å². The number of rotatable bonds is 4. The van der Waals surface area contributed by atoms with Crippen molar-refractivity contribution in [3.8, 4) is 22.5 Å². The van der Waals surface area contributed by atoms with Crippen LogP contribution < -0.4 is 4.40 Å². The van der Waals surface area contributed by atoms with E-state index < -0.39 is 19.2 Å². The normalized spacial score (nSPS) is 12.0. The van der Waals surface area contributed by atoms with Crippen LogP contribution in [0.2, 0.25) is 17.3 Å². The average molecular weight is 845 g/mol. The maximum Gasteiger partial charge on any atom is 0.0346 e. The summed E-state index contributed by atoms with van der Waals surface area (Å²) in [6, 6.07) is 36.0. The van der Waals surface area contributed by atoms with Gasteiger partial charge in [-0.1, -0.05) is 66.8 Å². The van der Waals surface area contributed by atoms with E-state index in [1.807, 2.05) is 61.6 Å². The standard InChI is InChI=1S/C25H20NS.C15H18GeN.Ir/c1-15(2)18-11-12-26-23(14-18)21-6-4-5-19-20-10-9-17-8-7-16(3)13-22(17)25(20)27-24(19)21;1-12-10-15(13-8-6-5-7-9-13)17-11-14(12)16(2,3)4;/h4-5,7-15H,1-3H3;5-8,10-11H,1-4H3;/q2*-1;/i15D;;. The predicted molar refractivity (Wildman–Crippen MR) is 194 cm³/mol. The maximum atomic E-state index is 8.36. The third kappa shape index (κ3) is 7.00. The molecule has 3 heterocycles. The Balaban J connectivity index is 0.000000200. The first-order chi connectivity index (χ1) is 21.4. The Morgan fingerprint density at radius 3 is 2.27 bits per heavy atom. The van der Waals surface area contributed by atoms with Gasteiger partial charge in [-0.15, -0.1) is 23.8 Å². The first-order valence-corrected chi connectivity index (χ1v) is 23.2. The molecule has 2 nitrogen and oxygen atoms in total. The van der Waals surface area contributed by atoms with E-state index in [1.54, 1.807) is 6.20 Å². The van der Waals surface area contributed by atoms with E-state index >= 15 is 0 Å². The summed E-state index contributed by atoms with van der Waals surface area (Å²) in [5.74, 6) is 6.55. The molecule has 0 aliphatic rings. The smallest absolute Gasteiger partial charge is 0.0346 e. The van der Waals surface area contributed by atoms with Crippen molar-refractivity contribution in [3.05, 3.63) is 126 Å². The molecule has 0 aliphatic heterocycles. The van der Waals surface area contributed by atoms with Crippen LogP contribution in [0.25, 0.3) is 53.5 Å². The molecule has 4 aromatic carbocycles. The van der Waals surface area contributed by atoms with Crippen molar-refractivity contribution in [2.75, 3.05) is 0 Å². The van der Waals surface area contributed by atoms with Gasteiger partial charge < -0.3 is 4.98 Å². The number of aryl methyl sites for hydroxylation is 2. The van der Waals surface area contributed by atoms with Gasteiger partial charge in [0.2, 0.25) is 0 Å². The Morgan fingerprint density at radius 2 is 1.56 bits per heavy atom. The number of benzene rings is 4. The Hall–Kier alpha value is -3.15. The molecule has 0 N–H and O–H groups in total. The molecule has 0 fully saturated rings. The second-order valence-corrected chi connectivity index (χ2v) is 24.3. The predicted octanol–water partition coefficient (Wildman–Crippen LogP) is 10.9. The van der Waals surface area contributed by atoms with Crippen molar-refractivity contribution in [1.29, 1.82) is 0 Å². The zero-order valence-electron chi connectivity index (χ0n) is 27.9. The molecule has 3 aromatic heterocycles. The number of nitrogens with zero attached hydrogens (tertiary/aromatic N) is 2. The van der Waals surface area contributed by atoms with Crippen LogP contribution in [0.3, 0.4) is 0 Å². The quantitative estimate of drug-likeness (QED) is 0.130. The van der Waals surface area contributed by atoms with Crippen LogP contribution in [0.1, 0.15) is 37.8 Å². The summed E-state index contributed by atoms with van der Waals surface area (Å²) in [7, 11) is 0. The first kappa shape index (κ1) is 31.8. The van der Waals surface area contributed by atoms with Crippen LogP contribution in [-0.4, -0.2) is 23.2 Å². The molecule has 0 aliphatic carbocycles.